The van der Waals surface area contributed by atoms with E-state index in [1.165, 1.54) is 55.9 Å². The normalized spacial score (nSPS) is 17.3. The van der Waals surface area contributed by atoms with Gasteiger partial charge in [-0.2, -0.15) is 0 Å². The van der Waals surface area contributed by atoms with Crippen molar-refractivity contribution >= 4 is 35.5 Å². The molecule has 0 radical (unpaired) electrons. The number of carbonyl (C=O) groups excluding carboxylic acids is 5. The molecule has 15 heteroatoms. The molecule has 4 aromatic carbocycles. The summed E-state index contributed by atoms with van der Waals surface area (Å²) in [7, 11) is 1.37. The van der Waals surface area contributed by atoms with E-state index < -0.39 is 59.8 Å². The molecule has 0 saturated carbocycles. The molecule has 1 aliphatic rings. The molecule has 0 aliphatic carbocycles. The van der Waals surface area contributed by atoms with E-state index in [1.54, 1.807) is 19.1 Å². The van der Waals surface area contributed by atoms with Gasteiger partial charge in [-0.3, -0.25) is 24.0 Å². The van der Waals surface area contributed by atoms with Crippen molar-refractivity contribution in [2.45, 2.75) is 102 Å². The van der Waals surface area contributed by atoms with Crippen LogP contribution >= 0.6 is 0 Å². The Labute approximate surface area is 367 Å². The zero-order chi connectivity index (χ0) is 45.8. The number of carboxylic acids is 1. The maximum Gasteiger partial charge on any atom is 0.326 e. The topological polar surface area (TPSA) is 240 Å². The summed E-state index contributed by atoms with van der Waals surface area (Å²) >= 11 is 0. The third-order valence-corrected chi connectivity index (χ3v) is 11.2. The van der Waals surface area contributed by atoms with E-state index in [1.807, 2.05) is 12.1 Å². The zero-order valence-corrected chi connectivity index (χ0v) is 36.1. The van der Waals surface area contributed by atoms with Crippen LogP contribution in [-0.4, -0.2) is 93.5 Å². The minimum absolute atomic E-state index is 0.0961. The molecule has 9 N–H and O–H groups in total. The molecule has 0 aromatic heterocycles. The average Bonchev–Trinajstić information content (AvgIpc) is 3.25. The van der Waals surface area contributed by atoms with Crippen LogP contribution in [-0.2, 0) is 36.8 Å². The second-order valence-corrected chi connectivity index (χ2v) is 16.2. The number of likely N-dealkylation sites (N-methyl/N-ethyl adjacent to an activating group) is 1. The van der Waals surface area contributed by atoms with Crippen molar-refractivity contribution in [2.24, 2.45) is 5.73 Å². The molecule has 4 bridgehead atoms. The highest BCUT2D eigenvalue weighted by molar-refractivity contribution is 5.97. The molecule has 5 amide bonds. The first-order chi connectivity index (χ1) is 30.1. The molecule has 1 aliphatic heterocycles. The summed E-state index contributed by atoms with van der Waals surface area (Å²) in [5.74, 6) is -5.02. The first-order valence-corrected chi connectivity index (χ1v) is 21.3. The summed E-state index contributed by atoms with van der Waals surface area (Å²) < 4.78 is 0. The number of benzene rings is 4. The summed E-state index contributed by atoms with van der Waals surface area (Å²) in [5, 5.41) is 42.4. The molecule has 4 aromatic rings. The molecule has 1 heterocycles. The summed E-state index contributed by atoms with van der Waals surface area (Å²) in [6, 6.07) is 18.2. The van der Waals surface area contributed by atoms with E-state index in [-0.39, 0.29) is 53.4 Å². The molecule has 0 spiro atoms. The van der Waals surface area contributed by atoms with E-state index in [0.29, 0.717) is 30.5 Å². The van der Waals surface area contributed by atoms with Gasteiger partial charge in [0.15, 0.2) is 0 Å². The predicted octanol–water partition coefficient (Wildman–Crippen LogP) is 4.73. The van der Waals surface area contributed by atoms with Gasteiger partial charge in [0.1, 0.15) is 35.7 Å². The van der Waals surface area contributed by atoms with Crippen LogP contribution < -0.4 is 27.0 Å². The van der Waals surface area contributed by atoms with Gasteiger partial charge in [-0.1, -0.05) is 61.9 Å². The molecule has 63 heavy (non-hydrogen) atoms. The number of hydrogen-bond acceptors (Lipinski definition) is 9. The fourth-order valence-electron chi connectivity index (χ4n) is 7.58. The van der Waals surface area contributed by atoms with Crippen LogP contribution in [0.5, 0.6) is 11.5 Å². The molecule has 334 valence electrons. The SMILES string of the molecule is CCCCc1ccc(-c2ccc(C(=O)NC(C)CC(=O)N[C@@H](CCCCN)C(=O)N(C)[C@@H]3C(=O)N[C@@H](C)C(=O)N[C@H](C(=O)O)Cc4ccc(O)c(c4)-c4cc3ccc4O)cc2)cc1. The first kappa shape index (κ1) is 47.3. The minimum Gasteiger partial charge on any atom is -0.507 e. The summed E-state index contributed by atoms with van der Waals surface area (Å²) in [6.07, 6.45) is 4.10. The standard InChI is InChI=1S/C48H58N6O9/c1-5-6-9-30-11-14-32(15-12-30)33-16-18-34(19-17-33)45(59)50-28(2)24-42(57)52-38(10-7-8-23-49)47(61)54(4)43-35-20-22-41(56)37(27-35)36-25-31(13-21-40(36)55)26-39(48(62)63)53-44(58)29(3)51-46(43)60/h11-22,25,27-29,38-39,43,55-56H,5-10,23-24,26,49H2,1-4H3,(H,50,59)(H,51,60)(H,52,57)(H,53,58)(H,62,63)/t28?,29-,38-,39-,43-/m0/s1. The molecule has 0 fully saturated rings. The highest BCUT2D eigenvalue weighted by Gasteiger charge is 2.36. The fraction of sp³-hybridized carbons (Fsp3) is 0.375. The maximum atomic E-state index is 14.4. The fourth-order valence-corrected chi connectivity index (χ4v) is 7.58. The Morgan fingerprint density at radius 2 is 1.46 bits per heavy atom. The van der Waals surface area contributed by atoms with E-state index in [9.17, 15) is 44.1 Å². The number of rotatable bonds is 16. The van der Waals surface area contributed by atoms with Crippen molar-refractivity contribution in [3.63, 3.8) is 0 Å². The summed E-state index contributed by atoms with van der Waals surface area (Å²) in [4.78, 5) is 81.9. The predicted molar refractivity (Wildman–Crippen MR) is 238 cm³/mol. The second-order valence-electron chi connectivity index (χ2n) is 16.2. The number of nitrogens with zero attached hydrogens (tertiary/aromatic N) is 1. The van der Waals surface area contributed by atoms with Gasteiger partial charge >= 0.3 is 5.97 Å². The van der Waals surface area contributed by atoms with Gasteiger partial charge in [0.2, 0.25) is 23.6 Å². The van der Waals surface area contributed by atoms with Crippen molar-refractivity contribution in [1.82, 2.24) is 26.2 Å². The Morgan fingerprint density at radius 3 is 2.10 bits per heavy atom. The van der Waals surface area contributed by atoms with E-state index >= 15 is 0 Å². The number of aromatic hydroxyl groups is 2. The van der Waals surface area contributed by atoms with E-state index in [2.05, 4.69) is 52.5 Å². The number of carboxylic acid groups (broad SMARTS) is 1. The number of fused-ring (bicyclic) bond motifs is 5. The number of amides is 5. The first-order valence-electron chi connectivity index (χ1n) is 21.3. The van der Waals surface area contributed by atoms with Gasteiger partial charge in [0.05, 0.1) is 0 Å². The molecule has 0 saturated heterocycles. The quantitative estimate of drug-likeness (QED) is 0.0721. The summed E-state index contributed by atoms with van der Waals surface area (Å²) in [5.41, 5.74) is 10.3. The van der Waals surface area contributed by atoms with Crippen LogP contribution in [0.2, 0.25) is 0 Å². The summed E-state index contributed by atoms with van der Waals surface area (Å²) in [6.45, 7) is 5.54. The minimum atomic E-state index is -1.45. The van der Waals surface area contributed by atoms with E-state index in [4.69, 9.17) is 5.73 Å². The highest BCUT2D eigenvalue weighted by Crippen LogP contribution is 2.39. The number of aliphatic carboxylic acids is 1. The van der Waals surface area contributed by atoms with Crippen molar-refractivity contribution < 1.29 is 44.1 Å². The molecule has 5 atom stereocenters. The van der Waals surface area contributed by atoms with Gasteiger partial charge in [0, 0.05) is 42.6 Å². The van der Waals surface area contributed by atoms with Crippen molar-refractivity contribution in [3.05, 3.63) is 107 Å². The highest BCUT2D eigenvalue weighted by atomic mass is 16.4. The van der Waals surface area contributed by atoms with Gasteiger partial charge in [-0.25, -0.2) is 4.79 Å². The molecule has 5 rings (SSSR count). The average molecular weight is 863 g/mol. The van der Waals surface area contributed by atoms with Gasteiger partial charge < -0.3 is 47.2 Å². The van der Waals surface area contributed by atoms with Gasteiger partial charge in [-0.15, -0.1) is 0 Å². The number of nitrogens with two attached hydrogens (primary N) is 1. The molecular weight excluding hydrogens is 805 g/mol. The molecular formula is C48H58N6O9. The van der Waals surface area contributed by atoms with Crippen LogP contribution in [0.3, 0.4) is 0 Å². The second kappa shape index (κ2) is 21.9. The van der Waals surface area contributed by atoms with Crippen LogP contribution in [0.25, 0.3) is 22.3 Å². The third kappa shape index (κ3) is 12.4. The number of phenols is 2. The largest absolute Gasteiger partial charge is 0.507 e. The smallest absolute Gasteiger partial charge is 0.326 e. The Morgan fingerprint density at radius 1 is 0.825 bits per heavy atom. The molecule has 15 nitrogen and oxygen atoms in total. The van der Waals surface area contributed by atoms with Crippen molar-refractivity contribution in [3.8, 4) is 33.8 Å². The Balaban J connectivity index is 1.34. The van der Waals surface area contributed by atoms with Gasteiger partial charge in [0.25, 0.3) is 5.91 Å². The van der Waals surface area contributed by atoms with Crippen LogP contribution in [0.4, 0.5) is 0 Å². The number of hydrogen-bond donors (Lipinski definition) is 8. The lowest BCUT2D eigenvalue weighted by atomic mass is 9.93. The molecule has 1 unspecified atom stereocenters. The lowest BCUT2D eigenvalue weighted by molar-refractivity contribution is -0.144. The zero-order valence-electron chi connectivity index (χ0n) is 36.1. The Bertz CT molecular complexity index is 2280. The van der Waals surface area contributed by atoms with Crippen molar-refractivity contribution in [2.75, 3.05) is 13.6 Å². The Kier molecular flexibility index (Phi) is 16.4. The lowest BCUT2D eigenvalue weighted by Gasteiger charge is -2.32. The number of aryl methyl sites for hydroxylation is 1. The van der Waals surface area contributed by atoms with Crippen molar-refractivity contribution in [1.29, 1.82) is 0 Å². The van der Waals surface area contributed by atoms with Crippen LogP contribution in [0.1, 0.15) is 92.4 Å². The van der Waals surface area contributed by atoms with Gasteiger partial charge in [-0.05, 0) is 117 Å². The number of carbonyl (C=O) groups is 6. The third-order valence-electron chi connectivity index (χ3n) is 11.2. The lowest BCUT2D eigenvalue weighted by Crippen LogP contribution is -2.55. The maximum absolute atomic E-state index is 14.4. The monoisotopic (exact) mass is 862 g/mol. The number of phenolic OH excluding ortho intramolecular Hbond substituents is 2. The number of unbranched alkanes of at least 4 members (excludes halogenated alkanes) is 2. The van der Waals surface area contributed by atoms with Crippen LogP contribution in [0.15, 0.2) is 84.9 Å². The van der Waals surface area contributed by atoms with E-state index in [0.717, 1.165) is 35.3 Å². The van der Waals surface area contributed by atoms with Crippen LogP contribution in [0, 0.1) is 0 Å². The number of nitrogens with one attached hydrogen (secondary N) is 4. The Hall–Kier alpha value is -6.74.